The summed E-state index contributed by atoms with van der Waals surface area (Å²) in [6.45, 7) is 1.87. The molecule has 0 bridgehead atoms. The number of aliphatic hydroxyl groups excluding tert-OH is 1. The molecular formula is C20H23ClFN3O2. The molecule has 144 valence electrons. The van der Waals surface area contributed by atoms with E-state index in [4.69, 9.17) is 11.6 Å². The van der Waals surface area contributed by atoms with Crippen molar-refractivity contribution in [3.8, 4) is 0 Å². The molecule has 1 aliphatic heterocycles. The van der Waals surface area contributed by atoms with Gasteiger partial charge in [0.15, 0.2) is 0 Å². The number of piperidine rings is 1. The molecule has 5 nitrogen and oxygen atoms in total. The molecule has 0 spiro atoms. The molecule has 3 rings (SSSR count). The lowest BCUT2D eigenvalue weighted by molar-refractivity contribution is 0.170. The number of anilines is 2. The molecule has 1 fully saturated rings. The molecule has 1 aliphatic rings. The highest BCUT2D eigenvalue weighted by atomic mass is 35.5. The van der Waals surface area contributed by atoms with E-state index in [-0.39, 0.29) is 12.1 Å². The molecule has 3 N–H and O–H groups in total. The monoisotopic (exact) mass is 391 g/mol. The van der Waals surface area contributed by atoms with Crippen molar-refractivity contribution < 1.29 is 14.3 Å². The van der Waals surface area contributed by atoms with Crippen LogP contribution in [-0.4, -0.2) is 30.8 Å². The predicted octanol–water partition coefficient (Wildman–Crippen LogP) is 4.32. The Morgan fingerprint density at radius 2 is 1.93 bits per heavy atom. The van der Waals surface area contributed by atoms with Crippen molar-refractivity contribution in [3.63, 3.8) is 0 Å². The number of nitrogens with one attached hydrogen (secondary N) is 2. The number of hydrogen-bond donors (Lipinski definition) is 3. The van der Waals surface area contributed by atoms with Gasteiger partial charge < -0.3 is 20.6 Å². The molecule has 0 radical (unpaired) electrons. The number of urea groups is 1. The zero-order valence-electron chi connectivity index (χ0n) is 14.9. The van der Waals surface area contributed by atoms with E-state index in [1.807, 2.05) is 6.07 Å². The number of carbonyl (C=O) groups excluding carboxylic acids is 1. The van der Waals surface area contributed by atoms with Gasteiger partial charge >= 0.3 is 6.03 Å². The summed E-state index contributed by atoms with van der Waals surface area (Å²) < 4.78 is 13.6. The Balaban J connectivity index is 1.54. The lowest BCUT2D eigenvalue weighted by atomic mass is 10.1. The van der Waals surface area contributed by atoms with Crippen LogP contribution in [-0.2, 0) is 0 Å². The Kier molecular flexibility index (Phi) is 6.53. The Morgan fingerprint density at radius 1 is 1.19 bits per heavy atom. The summed E-state index contributed by atoms with van der Waals surface area (Å²) in [5.41, 5.74) is 1.67. The maximum absolute atomic E-state index is 13.6. The summed E-state index contributed by atoms with van der Waals surface area (Å²) in [4.78, 5) is 14.3. The van der Waals surface area contributed by atoms with Gasteiger partial charge in [-0.05, 0) is 43.5 Å². The van der Waals surface area contributed by atoms with Crippen LogP contribution < -0.4 is 15.5 Å². The third-order valence-electron chi connectivity index (χ3n) is 4.62. The number of hydrogen-bond acceptors (Lipinski definition) is 3. The second-order valence-electron chi connectivity index (χ2n) is 6.59. The van der Waals surface area contributed by atoms with Gasteiger partial charge in [-0.3, -0.25) is 0 Å². The summed E-state index contributed by atoms with van der Waals surface area (Å²) in [5.74, 6) is -0.507. The Hall–Kier alpha value is -2.31. The summed E-state index contributed by atoms with van der Waals surface area (Å²) in [7, 11) is 0. The van der Waals surface area contributed by atoms with Crippen molar-refractivity contribution in [1.82, 2.24) is 5.32 Å². The van der Waals surface area contributed by atoms with Gasteiger partial charge in [-0.2, -0.15) is 0 Å². The third kappa shape index (κ3) is 5.11. The van der Waals surface area contributed by atoms with Crippen LogP contribution >= 0.6 is 11.6 Å². The summed E-state index contributed by atoms with van der Waals surface area (Å²) in [6.07, 6.45) is 2.43. The van der Waals surface area contributed by atoms with Crippen molar-refractivity contribution in [2.24, 2.45) is 0 Å². The fraction of sp³-hybridized carbons (Fsp3) is 0.350. The van der Waals surface area contributed by atoms with Crippen LogP contribution in [0.25, 0.3) is 0 Å². The number of halogens is 2. The molecule has 0 aromatic heterocycles. The van der Waals surface area contributed by atoms with Gasteiger partial charge in [-0.25, -0.2) is 9.18 Å². The van der Waals surface area contributed by atoms with Gasteiger partial charge in [0.25, 0.3) is 0 Å². The van der Waals surface area contributed by atoms with Crippen molar-refractivity contribution in [3.05, 3.63) is 58.9 Å². The van der Waals surface area contributed by atoms with E-state index < -0.39 is 18.0 Å². The van der Waals surface area contributed by atoms with Crippen molar-refractivity contribution >= 4 is 29.0 Å². The SMILES string of the molecule is O=C(NCC(O)c1ccccc1F)Nc1ccc(N2CCCCC2)c(Cl)c1. The topological polar surface area (TPSA) is 64.6 Å². The van der Waals surface area contributed by atoms with Crippen molar-refractivity contribution in [2.45, 2.75) is 25.4 Å². The lowest BCUT2D eigenvalue weighted by Crippen LogP contribution is -2.32. The smallest absolute Gasteiger partial charge is 0.319 e. The van der Waals surface area contributed by atoms with Gasteiger partial charge in [0.2, 0.25) is 0 Å². The zero-order chi connectivity index (χ0) is 19.2. The van der Waals surface area contributed by atoms with E-state index in [2.05, 4.69) is 15.5 Å². The number of carbonyl (C=O) groups is 1. The fourth-order valence-electron chi connectivity index (χ4n) is 3.20. The van der Waals surface area contributed by atoms with E-state index in [1.165, 1.54) is 18.6 Å². The molecule has 0 saturated carbocycles. The first-order valence-corrected chi connectivity index (χ1v) is 9.44. The quantitative estimate of drug-likeness (QED) is 0.711. The van der Waals surface area contributed by atoms with Crippen LogP contribution in [0.1, 0.15) is 30.9 Å². The molecule has 27 heavy (non-hydrogen) atoms. The average molecular weight is 392 g/mol. The molecule has 2 amide bonds. The van der Waals surface area contributed by atoms with Gasteiger partial charge in [-0.1, -0.05) is 29.8 Å². The van der Waals surface area contributed by atoms with Crippen molar-refractivity contribution in [2.75, 3.05) is 29.9 Å². The summed E-state index contributed by atoms with van der Waals surface area (Å²) in [5, 5.41) is 15.8. The van der Waals surface area contributed by atoms with Crippen LogP contribution in [0.2, 0.25) is 5.02 Å². The number of amides is 2. The Bertz CT molecular complexity index is 797. The van der Waals surface area contributed by atoms with Crippen LogP contribution in [0.5, 0.6) is 0 Å². The number of nitrogens with zero attached hydrogens (tertiary/aromatic N) is 1. The highest BCUT2D eigenvalue weighted by molar-refractivity contribution is 6.33. The van der Waals surface area contributed by atoms with Gasteiger partial charge in [0.1, 0.15) is 5.82 Å². The number of aliphatic hydroxyl groups is 1. The second-order valence-corrected chi connectivity index (χ2v) is 6.99. The third-order valence-corrected chi connectivity index (χ3v) is 4.93. The number of benzene rings is 2. The number of rotatable bonds is 5. The first-order valence-electron chi connectivity index (χ1n) is 9.06. The zero-order valence-corrected chi connectivity index (χ0v) is 15.7. The predicted molar refractivity (Wildman–Crippen MR) is 106 cm³/mol. The van der Waals surface area contributed by atoms with Gasteiger partial charge in [-0.15, -0.1) is 0 Å². The van der Waals surface area contributed by atoms with E-state index in [9.17, 15) is 14.3 Å². The molecule has 1 unspecified atom stereocenters. The highest BCUT2D eigenvalue weighted by Gasteiger charge is 2.16. The van der Waals surface area contributed by atoms with Crippen LogP contribution in [0, 0.1) is 5.82 Å². The minimum atomic E-state index is -1.12. The second kappa shape index (κ2) is 9.06. The molecule has 2 aromatic carbocycles. The summed E-state index contributed by atoms with van der Waals surface area (Å²) >= 11 is 6.38. The van der Waals surface area contributed by atoms with Gasteiger partial charge in [0, 0.05) is 30.9 Å². The molecule has 1 atom stereocenters. The van der Waals surface area contributed by atoms with Crippen LogP contribution in [0.3, 0.4) is 0 Å². The Morgan fingerprint density at radius 3 is 2.63 bits per heavy atom. The first kappa shape index (κ1) is 19.5. The maximum Gasteiger partial charge on any atom is 0.319 e. The molecule has 1 saturated heterocycles. The Labute approximate surface area is 163 Å². The molecule has 2 aromatic rings. The largest absolute Gasteiger partial charge is 0.386 e. The molecular weight excluding hydrogens is 369 g/mol. The fourth-order valence-corrected chi connectivity index (χ4v) is 3.50. The standard InChI is InChI=1S/C20H23ClFN3O2/c21-16-12-14(8-9-18(16)25-10-4-1-5-11-25)24-20(27)23-13-19(26)15-6-2-3-7-17(15)22/h2-3,6-9,12,19,26H,1,4-5,10-11,13H2,(H2,23,24,27). The molecule has 7 heteroatoms. The van der Waals surface area contributed by atoms with Crippen LogP contribution in [0.15, 0.2) is 42.5 Å². The van der Waals surface area contributed by atoms with Gasteiger partial charge in [0.05, 0.1) is 16.8 Å². The summed E-state index contributed by atoms with van der Waals surface area (Å²) in [6, 6.07) is 10.8. The maximum atomic E-state index is 13.6. The highest BCUT2D eigenvalue weighted by Crippen LogP contribution is 2.30. The van der Waals surface area contributed by atoms with E-state index in [0.717, 1.165) is 31.6 Å². The van der Waals surface area contributed by atoms with E-state index >= 15 is 0 Å². The normalized spacial score (nSPS) is 15.3. The first-order chi connectivity index (χ1) is 13.0. The minimum absolute atomic E-state index is 0.105. The van der Waals surface area contributed by atoms with Crippen molar-refractivity contribution in [1.29, 1.82) is 0 Å². The lowest BCUT2D eigenvalue weighted by Gasteiger charge is -2.29. The average Bonchev–Trinajstić information content (AvgIpc) is 2.67. The minimum Gasteiger partial charge on any atom is -0.386 e. The van der Waals surface area contributed by atoms with Crippen LogP contribution in [0.4, 0.5) is 20.6 Å². The van der Waals surface area contributed by atoms with E-state index in [1.54, 1.807) is 24.3 Å². The molecule has 1 heterocycles. The molecule has 0 aliphatic carbocycles. The van der Waals surface area contributed by atoms with E-state index in [0.29, 0.717) is 10.7 Å².